The molecule has 1 aromatic carbocycles. The van der Waals surface area contributed by atoms with Crippen LogP contribution in [0.5, 0.6) is 0 Å². The average Bonchev–Trinajstić information content (AvgIpc) is 2.18. The number of benzene rings is 1. The van der Waals surface area contributed by atoms with Crippen LogP contribution in [0.2, 0.25) is 0 Å². The molecule has 1 nitrogen and oxygen atoms in total. The van der Waals surface area contributed by atoms with Crippen LogP contribution in [0.15, 0.2) is 47.0 Å². The summed E-state index contributed by atoms with van der Waals surface area (Å²) >= 11 is 0. The third-order valence-electron chi connectivity index (χ3n) is 2.13. The maximum atomic E-state index is 4.54. The Hall–Kier alpha value is -1.37. The van der Waals surface area contributed by atoms with Crippen LogP contribution < -0.4 is 0 Å². The highest BCUT2D eigenvalue weighted by Crippen LogP contribution is 2.11. The predicted molar refractivity (Wildman–Crippen MR) is 67.9 cm³/mol. The first kappa shape index (κ1) is 11.7. The Kier molecular flexibility index (Phi) is 4.82. The van der Waals surface area contributed by atoms with Crippen molar-refractivity contribution in [2.24, 2.45) is 4.99 Å². The van der Waals surface area contributed by atoms with Gasteiger partial charge >= 0.3 is 0 Å². The van der Waals surface area contributed by atoms with E-state index in [0.29, 0.717) is 0 Å². The quantitative estimate of drug-likeness (QED) is 0.501. The molecule has 0 aliphatic rings. The van der Waals surface area contributed by atoms with Gasteiger partial charge in [0.15, 0.2) is 0 Å². The highest BCUT2D eigenvalue weighted by molar-refractivity contribution is 5.84. The van der Waals surface area contributed by atoms with Gasteiger partial charge in [-0.1, -0.05) is 29.8 Å². The molecular weight excluding hydrogens is 182 g/mol. The zero-order chi connectivity index (χ0) is 11.1. The minimum atomic E-state index is 1.04. The number of hydrogen-bond donors (Lipinski definition) is 0. The molecular formula is C14H19N. The van der Waals surface area contributed by atoms with E-state index in [2.05, 4.69) is 31.8 Å². The highest BCUT2D eigenvalue weighted by atomic mass is 14.7. The van der Waals surface area contributed by atoms with Gasteiger partial charge in [0.25, 0.3) is 0 Å². The molecule has 0 amide bonds. The molecule has 0 unspecified atom stereocenters. The summed E-state index contributed by atoms with van der Waals surface area (Å²) in [5.41, 5.74) is 3.62. The Labute approximate surface area is 92.6 Å². The van der Waals surface area contributed by atoms with Gasteiger partial charge in [-0.05, 0) is 45.7 Å². The lowest BCUT2D eigenvalue weighted by atomic mass is 10.2. The largest absolute Gasteiger partial charge is 0.258 e. The van der Waals surface area contributed by atoms with Crippen LogP contribution in [-0.4, -0.2) is 5.71 Å². The van der Waals surface area contributed by atoms with Crippen molar-refractivity contribution >= 4 is 11.4 Å². The maximum Gasteiger partial charge on any atom is 0.0628 e. The molecule has 0 fully saturated rings. The molecule has 0 atom stereocenters. The number of allylic oxidation sites excluding steroid dienone is 2. The molecule has 0 bridgehead atoms. The zero-order valence-corrected chi connectivity index (χ0v) is 9.83. The van der Waals surface area contributed by atoms with Gasteiger partial charge in [0, 0.05) is 5.71 Å². The SMILES string of the molecule is CC(C)=CCC/C(C)=N/c1ccccc1. The smallest absolute Gasteiger partial charge is 0.0628 e. The third kappa shape index (κ3) is 5.16. The first-order valence-electron chi connectivity index (χ1n) is 5.41. The van der Waals surface area contributed by atoms with E-state index < -0.39 is 0 Å². The Morgan fingerprint density at radius 2 is 1.80 bits per heavy atom. The van der Waals surface area contributed by atoms with E-state index in [-0.39, 0.29) is 0 Å². The van der Waals surface area contributed by atoms with Crippen molar-refractivity contribution < 1.29 is 0 Å². The topological polar surface area (TPSA) is 12.4 Å². The van der Waals surface area contributed by atoms with Crippen LogP contribution in [-0.2, 0) is 0 Å². The summed E-state index contributed by atoms with van der Waals surface area (Å²) in [4.78, 5) is 4.54. The lowest BCUT2D eigenvalue weighted by molar-refractivity contribution is 1.06. The molecule has 80 valence electrons. The van der Waals surface area contributed by atoms with Gasteiger partial charge in [-0.25, -0.2) is 0 Å². The Bertz CT molecular complexity index is 343. The molecule has 0 aliphatic carbocycles. The van der Waals surface area contributed by atoms with E-state index >= 15 is 0 Å². The van der Waals surface area contributed by atoms with Gasteiger partial charge in [0.05, 0.1) is 5.69 Å². The second-order valence-electron chi connectivity index (χ2n) is 4.00. The number of hydrogen-bond acceptors (Lipinski definition) is 1. The first-order chi connectivity index (χ1) is 7.18. The van der Waals surface area contributed by atoms with E-state index in [4.69, 9.17) is 0 Å². The molecule has 0 spiro atoms. The van der Waals surface area contributed by atoms with Gasteiger partial charge in [-0.2, -0.15) is 0 Å². The van der Waals surface area contributed by atoms with E-state index in [1.54, 1.807) is 0 Å². The molecule has 0 aromatic heterocycles. The minimum Gasteiger partial charge on any atom is -0.258 e. The zero-order valence-electron chi connectivity index (χ0n) is 9.83. The summed E-state index contributed by atoms with van der Waals surface area (Å²) in [7, 11) is 0. The summed E-state index contributed by atoms with van der Waals surface area (Å²) in [6, 6.07) is 10.1. The van der Waals surface area contributed by atoms with Crippen molar-refractivity contribution in [3.8, 4) is 0 Å². The molecule has 15 heavy (non-hydrogen) atoms. The van der Waals surface area contributed by atoms with Crippen LogP contribution in [0.1, 0.15) is 33.6 Å². The standard InChI is InChI=1S/C14H19N/c1-12(2)8-7-9-13(3)15-14-10-5-4-6-11-14/h4-6,8,10-11H,7,9H2,1-3H3/b15-13+. The second kappa shape index (κ2) is 6.18. The number of para-hydroxylation sites is 1. The highest BCUT2D eigenvalue weighted by Gasteiger charge is 1.91. The molecule has 0 aliphatic heterocycles. The van der Waals surface area contributed by atoms with Crippen LogP contribution in [0.25, 0.3) is 0 Å². The van der Waals surface area contributed by atoms with Gasteiger partial charge in [0.2, 0.25) is 0 Å². The van der Waals surface area contributed by atoms with Crippen molar-refractivity contribution in [3.63, 3.8) is 0 Å². The van der Waals surface area contributed by atoms with Crippen LogP contribution in [0, 0.1) is 0 Å². The number of aliphatic imine (C=N–C) groups is 1. The fourth-order valence-corrected chi connectivity index (χ4v) is 1.35. The summed E-state index contributed by atoms with van der Waals surface area (Å²) in [6.45, 7) is 6.35. The van der Waals surface area contributed by atoms with Crippen LogP contribution in [0.3, 0.4) is 0 Å². The van der Waals surface area contributed by atoms with Crippen LogP contribution in [0.4, 0.5) is 5.69 Å². The molecule has 1 rings (SSSR count). The van der Waals surface area contributed by atoms with E-state index in [9.17, 15) is 0 Å². The van der Waals surface area contributed by atoms with E-state index in [1.807, 2.05) is 30.3 Å². The van der Waals surface area contributed by atoms with Crippen molar-refractivity contribution in [2.75, 3.05) is 0 Å². The lowest BCUT2D eigenvalue weighted by Crippen LogP contribution is -1.89. The first-order valence-corrected chi connectivity index (χ1v) is 5.41. The van der Waals surface area contributed by atoms with Gasteiger partial charge in [0.1, 0.15) is 0 Å². The summed E-state index contributed by atoms with van der Waals surface area (Å²) in [6.07, 6.45) is 4.38. The molecule has 0 saturated heterocycles. The summed E-state index contributed by atoms with van der Waals surface area (Å²) in [5, 5.41) is 0. The molecule has 1 heteroatoms. The Balaban J connectivity index is 2.50. The predicted octanol–water partition coefficient (Wildman–Crippen LogP) is 4.53. The van der Waals surface area contributed by atoms with Crippen molar-refractivity contribution in [3.05, 3.63) is 42.0 Å². The molecule has 0 radical (unpaired) electrons. The third-order valence-corrected chi connectivity index (χ3v) is 2.13. The van der Waals surface area contributed by atoms with Gasteiger partial charge in [-0.15, -0.1) is 0 Å². The maximum absolute atomic E-state index is 4.54. The van der Waals surface area contributed by atoms with Crippen LogP contribution >= 0.6 is 0 Å². The summed E-state index contributed by atoms with van der Waals surface area (Å²) < 4.78 is 0. The van der Waals surface area contributed by atoms with Gasteiger partial charge < -0.3 is 0 Å². The number of nitrogens with zero attached hydrogens (tertiary/aromatic N) is 1. The van der Waals surface area contributed by atoms with Crippen molar-refractivity contribution in [1.82, 2.24) is 0 Å². The second-order valence-corrected chi connectivity index (χ2v) is 4.00. The molecule has 0 heterocycles. The molecule has 0 saturated carbocycles. The fraction of sp³-hybridized carbons (Fsp3) is 0.357. The van der Waals surface area contributed by atoms with Crippen molar-refractivity contribution in [1.29, 1.82) is 0 Å². The van der Waals surface area contributed by atoms with Gasteiger partial charge in [-0.3, -0.25) is 4.99 Å². The fourth-order valence-electron chi connectivity index (χ4n) is 1.35. The van der Waals surface area contributed by atoms with Crippen molar-refractivity contribution in [2.45, 2.75) is 33.6 Å². The normalized spacial score (nSPS) is 11.3. The average molecular weight is 201 g/mol. The summed E-state index contributed by atoms with van der Waals surface area (Å²) in [5.74, 6) is 0. The molecule has 0 N–H and O–H groups in total. The van der Waals surface area contributed by atoms with E-state index in [0.717, 1.165) is 18.5 Å². The lowest BCUT2D eigenvalue weighted by Gasteiger charge is -1.98. The Morgan fingerprint density at radius 1 is 1.13 bits per heavy atom. The minimum absolute atomic E-state index is 1.04. The Morgan fingerprint density at radius 3 is 2.40 bits per heavy atom. The van der Waals surface area contributed by atoms with E-state index in [1.165, 1.54) is 11.3 Å². The molecule has 1 aromatic rings. The number of rotatable bonds is 4. The monoisotopic (exact) mass is 201 g/mol.